The van der Waals surface area contributed by atoms with Crippen LogP contribution in [-0.2, 0) is 0 Å². The van der Waals surface area contributed by atoms with Gasteiger partial charge in [-0.15, -0.1) is 0 Å². The minimum absolute atomic E-state index is 0.271. The Labute approximate surface area is 103 Å². The van der Waals surface area contributed by atoms with Gasteiger partial charge in [0.2, 0.25) is 11.8 Å². The van der Waals surface area contributed by atoms with E-state index in [2.05, 4.69) is 43.0 Å². The van der Waals surface area contributed by atoms with E-state index >= 15 is 0 Å². The Hall–Kier alpha value is -1.32. The molecule has 4 heteroatoms. The van der Waals surface area contributed by atoms with E-state index in [-0.39, 0.29) is 10.8 Å². The van der Waals surface area contributed by atoms with E-state index in [4.69, 9.17) is 4.74 Å². The molecule has 1 aromatic rings. The molecule has 0 unspecified atom stereocenters. The fourth-order valence-corrected chi connectivity index (χ4v) is 2.40. The molecule has 1 heterocycles. The zero-order valence-electron chi connectivity index (χ0n) is 11.5. The van der Waals surface area contributed by atoms with E-state index in [1.54, 1.807) is 7.11 Å². The van der Waals surface area contributed by atoms with Crippen LogP contribution in [0.2, 0.25) is 0 Å². The Balaban J connectivity index is 2.18. The predicted octanol–water partition coefficient (Wildman–Crippen LogP) is 2.64. The van der Waals surface area contributed by atoms with Gasteiger partial charge in [0.15, 0.2) is 0 Å². The summed E-state index contributed by atoms with van der Waals surface area (Å²) >= 11 is 0. The summed E-state index contributed by atoms with van der Waals surface area (Å²) in [6.07, 6.45) is 0. The molecule has 0 saturated heterocycles. The molecular formula is C13H21N3O. The van der Waals surface area contributed by atoms with Crippen LogP contribution in [0.25, 0.3) is 0 Å². The maximum atomic E-state index is 5.15. The molecular weight excluding hydrogens is 214 g/mol. The lowest BCUT2D eigenvalue weighted by atomic mass is 10.0. The summed E-state index contributed by atoms with van der Waals surface area (Å²) in [6.45, 7) is 11.0. The average Bonchev–Trinajstić information content (AvgIpc) is 2.60. The van der Waals surface area contributed by atoms with E-state index < -0.39 is 0 Å². The van der Waals surface area contributed by atoms with Crippen molar-refractivity contribution in [3.05, 3.63) is 11.8 Å². The van der Waals surface area contributed by atoms with Crippen molar-refractivity contribution in [2.45, 2.75) is 40.7 Å². The normalized spacial score (nSPS) is 21.1. The van der Waals surface area contributed by atoms with Crippen LogP contribution in [-0.4, -0.2) is 23.1 Å². The summed E-state index contributed by atoms with van der Waals surface area (Å²) in [5.74, 6) is 1.27. The van der Waals surface area contributed by atoms with Gasteiger partial charge in [0.25, 0.3) is 0 Å². The quantitative estimate of drug-likeness (QED) is 0.875. The molecule has 1 aliphatic carbocycles. The maximum Gasteiger partial charge on any atom is 0.226 e. The van der Waals surface area contributed by atoms with Crippen LogP contribution in [0.4, 0.5) is 5.95 Å². The van der Waals surface area contributed by atoms with Crippen LogP contribution in [0.3, 0.4) is 0 Å². The number of nitrogens with zero attached hydrogens (tertiary/aromatic N) is 2. The highest BCUT2D eigenvalue weighted by Crippen LogP contribution is 2.63. The second-order valence-electron chi connectivity index (χ2n) is 5.90. The third-order valence-electron chi connectivity index (χ3n) is 4.33. The molecule has 4 nitrogen and oxygen atoms in total. The van der Waals surface area contributed by atoms with Gasteiger partial charge in [0, 0.05) is 17.8 Å². The number of hydrogen-bond acceptors (Lipinski definition) is 4. The molecule has 0 amide bonds. The Morgan fingerprint density at radius 2 is 1.76 bits per heavy atom. The lowest BCUT2D eigenvalue weighted by molar-refractivity contribution is 0.397. The molecule has 1 aromatic heterocycles. The van der Waals surface area contributed by atoms with Crippen LogP contribution >= 0.6 is 0 Å². The first-order chi connectivity index (χ1) is 7.79. The van der Waals surface area contributed by atoms with Crippen molar-refractivity contribution >= 4 is 5.95 Å². The fraction of sp³-hybridized carbons (Fsp3) is 0.692. The zero-order chi connectivity index (χ0) is 12.8. The summed E-state index contributed by atoms with van der Waals surface area (Å²) < 4.78 is 5.15. The van der Waals surface area contributed by atoms with Gasteiger partial charge in [0.1, 0.15) is 0 Å². The molecule has 1 N–H and O–H groups in total. The number of hydrogen-bond donors (Lipinski definition) is 1. The van der Waals surface area contributed by atoms with Crippen LogP contribution in [0, 0.1) is 17.8 Å². The molecule has 0 aromatic carbocycles. The highest BCUT2D eigenvalue weighted by Gasteiger charge is 2.65. The van der Waals surface area contributed by atoms with Crippen molar-refractivity contribution in [3.8, 4) is 5.88 Å². The number of aromatic nitrogens is 2. The monoisotopic (exact) mass is 235 g/mol. The summed E-state index contributed by atoms with van der Waals surface area (Å²) in [5, 5.41) is 3.41. The molecule has 2 rings (SSSR count). The van der Waals surface area contributed by atoms with Crippen molar-refractivity contribution < 1.29 is 4.74 Å². The Kier molecular flexibility index (Phi) is 2.56. The van der Waals surface area contributed by atoms with Crippen LogP contribution in [0.15, 0.2) is 6.07 Å². The Bertz CT molecular complexity index is 426. The molecule has 94 valence electrons. The van der Waals surface area contributed by atoms with Crippen LogP contribution < -0.4 is 10.1 Å². The van der Waals surface area contributed by atoms with Gasteiger partial charge in [-0.2, -0.15) is 4.98 Å². The zero-order valence-corrected chi connectivity index (χ0v) is 11.5. The first-order valence-electron chi connectivity index (χ1n) is 5.95. The number of methoxy groups -OCH3 is 1. The first-order valence-corrected chi connectivity index (χ1v) is 5.95. The third kappa shape index (κ3) is 1.85. The van der Waals surface area contributed by atoms with E-state index in [9.17, 15) is 0 Å². The average molecular weight is 235 g/mol. The number of nitrogens with one attached hydrogen (secondary N) is 1. The number of anilines is 1. The molecule has 1 aliphatic rings. The van der Waals surface area contributed by atoms with Gasteiger partial charge in [-0.1, -0.05) is 27.7 Å². The Morgan fingerprint density at radius 3 is 2.24 bits per heavy atom. The van der Waals surface area contributed by atoms with Gasteiger partial charge in [0.05, 0.1) is 7.11 Å². The third-order valence-corrected chi connectivity index (χ3v) is 4.33. The predicted molar refractivity (Wildman–Crippen MR) is 68.3 cm³/mol. The smallest absolute Gasteiger partial charge is 0.226 e. The largest absolute Gasteiger partial charge is 0.481 e. The molecule has 0 bridgehead atoms. The molecule has 0 aliphatic heterocycles. The molecule has 0 radical (unpaired) electrons. The van der Waals surface area contributed by atoms with Gasteiger partial charge in [-0.05, 0) is 17.8 Å². The minimum atomic E-state index is 0.271. The van der Waals surface area contributed by atoms with Gasteiger partial charge >= 0.3 is 0 Å². The van der Waals surface area contributed by atoms with Crippen molar-refractivity contribution in [1.29, 1.82) is 0 Å². The molecule has 1 saturated carbocycles. The van der Waals surface area contributed by atoms with Crippen molar-refractivity contribution in [2.24, 2.45) is 10.8 Å². The second-order valence-corrected chi connectivity index (χ2v) is 5.90. The molecule has 0 spiro atoms. The standard InChI is InChI=1S/C13H21N3O/c1-8-7-9(17-6)15-11(14-8)16-10-12(2,3)13(10,4)5/h7,10H,1-6H3,(H,14,15,16). The summed E-state index contributed by atoms with van der Waals surface area (Å²) in [5.41, 5.74) is 1.45. The summed E-state index contributed by atoms with van der Waals surface area (Å²) in [4.78, 5) is 8.71. The second kappa shape index (κ2) is 3.59. The summed E-state index contributed by atoms with van der Waals surface area (Å²) in [6, 6.07) is 2.23. The van der Waals surface area contributed by atoms with Crippen molar-refractivity contribution in [1.82, 2.24) is 9.97 Å². The van der Waals surface area contributed by atoms with Crippen molar-refractivity contribution in [2.75, 3.05) is 12.4 Å². The fourth-order valence-electron chi connectivity index (χ4n) is 2.40. The topological polar surface area (TPSA) is 47.0 Å². The van der Waals surface area contributed by atoms with Crippen LogP contribution in [0.1, 0.15) is 33.4 Å². The molecule has 0 atom stereocenters. The van der Waals surface area contributed by atoms with E-state index in [0.29, 0.717) is 17.9 Å². The number of aryl methyl sites for hydroxylation is 1. The number of rotatable bonds is 3. The summed E-state index contributed by atoms with van der Waals surface area (Å²) in [7, 11) is 1.62. The maximum absolute atomic E-state index is 5.15. The van der Waals surface area contributed by atoms with Gasteiger partial charge in [-0.3, -0.25) is 0 Å². The first kappa shape index (κ1) is 12.1. The Morgan fingerprint density at radius 1 is 1.18 bits per heavy atom. The molecule has 17 heavy (non-hydrogen) atoms. The highest BCUT2D eigenvalue weighted by atomic mass is 16.5. The highest BCUT2D eigenvalue weighted by molar-refractivity contribution is 5.38. The van der Waals surface area contributed by atoms with Crippen LogP contribution in [0.5, 0.6) is 5.88 Å². The lowest BCUT2D eigenvalue weighted by Crippen LogP contribution is -2.13. The lowest BCUT2D eigenvalue weighted by Gasteiger charge is -2.08. The minimum Gasteiger partial charge on any atom is -0.481 e. The SMILES string of the molecule is COc1cc(C)nc(NC2C(C)(C)C2(C)C)n1. The van der Waals surface area contributed by atoms with Crippen molar-refractivity contribution in [3.63, 3.8) is 0 Å². The van der Waals surface area contributed by atoms with E-state index in [0.717, 1.165) is 5.69 Å². The van der Waals surface area contributed by atoms with Gasteiger partial charge in [-0.25, -0.2) is 4.98 Å². The van der Waals surface area contributed by atoms with Gasteiger partial charge < -0.3 is 10.1 Å². The molecule has 1 fully saturated rings. The van der Waals surface area contributed by atoms with E-state index in [1.807, 2.05) is 13.0 Å². The number of ether oxygens (including phenoxy) is 1. The van der Waals surface area contributed by atoms with E-state index in [1.165, 1.54) is 0 Å².